The van der Waals surface area contributed by atoms with Crippen LogP contribution in [0.15, 0.2) is 78.9 Å². The van der Waals surface area contributed by atoms with Crippen LogP contribution in [0.2, 0.25) is 0 Å². The first-order valence-electron chi connectivity index (χ1n) is 13.3. The van der Waals surface area contributed by atoms with Crippen molar-refractivity contribution in [2.24, 2.45) is 0 Å². The minimum Gasteiger partial charge on any atom is -0.462 e. The molecule has 4 heteroatoms. The highest BCUT2D eigenvalue weighted by Crippen LogP contribution is 2.24. The van der Waals surface area contributed by atoms with Crippen molar-refractivity contribution in [1.29, 1.82) is 0 Å². The van der Waals surface area contributed by atoms with E-state index in [1.807, 2.05) is 30.3 Å². The van der Waals surface area contributed by atoms with Crippen LogP contribution in [0.3, 0.4) is 0 Å². The molecular formula is C32H38O4. The van der Waals surface area contributed by atoms with Crippen LogP contribution in [-0.4, -0.2) is 18.5 Å². The van der Waals surface area contributed by atoms with E-state index >= 15 is 0 Å². The van der Waals surface area contributed by atoms with Crippen molar-refractivity contribution < 1.29 is 19.1 Å². The van der Waals surface area contributed by atoms with Crippen molar-refractivity contribution in [2.75, 3.05) is 6.61 Å². The average Bonchev–Trinajstić information content (AvgIpc) is 2.92. The molecule has 0 N–H and O–H groups in total. The van der Waals surface area contributed by atoms with Gasteiger partial charge < -0.3 is 9.47 Å². The van der Waals surface area contributed by atoms with Crippen molar-refractivity contribution in [1.82, 2.24) is 0 Å². The highest BCUT2D eigenvalue weighted by atomic mass is 16.5. The van der Waals surface area contributed by atoms with Gasteiger partial charge in [0.1, 0.15) is 5.75 Å². The Morgan fingerprint density at radius 3 is 1.64 bits per heavy atom. The predicted octanol–water partition coefficient (Wildman–Crippen LogP) is 8.65. The van der Waals surface area contributed by atoms with Crippen LogP contribution >= 0.6 is 0 Å². The minimum absolute atomic E-state index is 0.277. The first-order chi connectivity index (χ1) is 17.7. The van der Waals surface area contributed by atoms with E-state index in [4.69, 9.17) is 9.47 Å². The third kappa shape index (κ3) is 9.33. The van der Waals surface area contributed by atoms with E-state index in [0.29, 0.717) is 23.5 Å². The second kappa shape index (κ2) is 15.6. The molecule has 0 unspecified atom stereocenters. The van der Waals surface area contributed by atoms with Gasteiger partial charge >= 0.3 is 11.9 Å². The number of benzene rings is 3. The summed E-state index contributed by atoms with van der Waals surface area (Å²) in [5, 5.41) is 0. The van der Waals surface area contributed by atoms with Gasteiger partial charge in [-0.05, 0) is 53.9 Å². The molecule has 0 aliphatic rings. The van der Waals surface area contributed by atoms with Crippen LogP contribution in [0.1, 0.15) is 91.8 Å². The van der Waals surface area contributed by atoms with Gasteiger partial charge in [0.15, 0.2) is 0 Å². The molecule has 0 radical (unpaired) electrons. The Kier molecular flexibility index (Phi) is 11.8. The topological polar surface area (TPSA) is 52.6 Å². The summed E-state index contributed by atoms with van der Waals surface area (Å²) in [6.07, 6.45) is 12.6. The maximum atomic E-state index is 12.3. The van der Waals surface area contributed by atoms with Gasteiger partial charge in [-0.2, -0.15) is 0 Å². The van der Waals surface area contributed by atoms with Crippen molar-refractivity contribution >= 4 is 11.9 Å². The van der Waals surface area contributed by atoms with E-state index in [2.05, 4.69) is 6.92 Å². The lowest BCUT2D eigenvalue weighted by Crippen LogP contribution is -2.07. The SMILES string of the molecule is CCCCCCCCCCCCOC(=O)c1ccc(-c2ccc(OC(=O)c3ccccc3)cc2)cc1. The van der Waals surface area contributed by atoms with Gasteiger partial charge in [-0.15, -0.1) is 0 Å². The maximum Gasteiger partial charge on any atom is 0.343 e. The zero-order valence-electron chi connectivity index (χ0n) is 21.4. The summed E-state index contributed by atoms with van der Waals surface area (Å²) in [6, 6.07) is 23.6. The van der Waals surface area contributed by atoms with Gasteiger partial charge in [0, 0.05) is 0 Å². The quantitative estimate of drug-likeness (QED) is 0.122. The minimum atomic E-state index is -0.385. The highest BCUT2D eigenvalue weighted by molar-refractivity contribution is 5.91. The van der Waals surface area contributed by atoms with Gasteiger partial charge in [-0.3, -0.25) is 0 Å². The van der Waals surface area contributed by atoms with Crippen molar-refractivity contribution in [3.8, 4) is 16.9 Å². The Balaban J connectivity index is 1.36. The molecule has 0 saturated heterocycles. The van der Waals surface area contributed by atoms with Gasteiger partial charge in [-0.25, -0.2) is 9.59 Å². The van der Waals surface area contributed by atoms with Gasteiger partial charge in [-0.1, -0.05) is 107 Å². The first kappa shape index (κ1) is 27.2. The second-order valence-electron chi connectivity index (χ2n) is 9.18. The molecule has 0 spiro atoms. The number of hydrogen-bond acceptors (Lipinski definition) is 4. The molecular weight excluding hydrogens is 448 g/mol. The zero-order valence-corrected chi connectivity index (χ0v) is 21.4. The van der Waals surface area contributed by atoms with Crippen molar-refractivity contribution in [3.05, 3.63) is 90.0 Å². The molecule has 36 heavy (non-hydrogen) atoms. The van der Waals surface area contributed by atoms with Crippen LogP contribution in [0, 0.1) is 0 Å². The van der Waals surface area contributed by atoms with E-state index < -0.39 is 0 Å². The van der Waals surface area contributed by atoms with Crippen LogP contribution in [-0.2, 0) is 4.74 Å². The number of rotatable bonds is 15. The Bertz CT molecular complexity index is 1040. The largest absolute Gasteiger partial charge is 0.462 e. The van der Waals surface area contributed by atoms with Crippen molar-refractivity contribution in [3.63, 3.8) is 0 Å². The molecule has 0 amide bonds. The van der Waals surface area contributed by atoms with Crippen LogP contribution in [0.5, 0.6) is 5.75 Å². The van der Waals surface area contributed by atoms with Gasteiger partial charge in [0.25, 0.3) is 0 Å². The van der Waals surface area contributed by atoms with E-state index in [1.54, 1.807) is 48.5 Å². The lowest BCUT2D eigenvalue weighted by Gasteiger charge is -2.08. The van der Waals surface area contributed by atoms with E-state index in [-0.39, 0.29) is 11.9 Å². The fraction of sp³-hybridized carbons (Fsp3) is 0.375. The molecule has 4 nitrogen and oxygen atoms in total. The number of unbranched alkanes of at least 4 members (excludes halogenated alkanes) is 9. The Hall–Kier alpha value is -3.40. The average molecular weight is 487 g/mol. The number of carbonyl (C=O) groups excluding carboxylic acids is 2. The summed E-state index contributed by atoms with van der Waals surface area (Å²) >= 11 is 0. The van der Waals surface area contributed by atoms with Crippen LogP contribution in [0.25, 0.3) is 11.1 Å². The standard InChI is InChI=1S/C32H38O4/c1-2-3-4-5-6-7-8-9-10-14-25-35-31(33)29-19-17-26(18-20-29)27-21-23-30(24-22-27)36-32(34)28-15-12-11-13-16-28/h11-13,15-24H,2-10,14,25H2,1H3. The number of hydrogen-bond donors (Lipinski definition) is 0. The molecule has 0 fully saturated rings. The zero-order chi connectivity index (χ0) is 25.4. The van der Waals surface area contributed by atoms with Gasteiger partial charge in [0.05, 0.1) is 17.7 Å². The summed E-state index contributed by atoms with van der Waals surface area (Å²) < 4.78 is 10.9. The highest BCUT2D eigenvalue weighted by Gasteiger charge is 2.09. The lowest BCUT2D eigenvalue weighted by molar-refractivity contribution is 0.0497. The molecule has 0 heterocycles. The van der Waals surface area contributed by atoms with Crippen LogP contribution < -0.4 is 4.74 Å². The van der Waals surface area contributed by atoms with Crippen molar-refractivity contribution in [2.45, 2.75) is 71.1 Å². The molecule has 0 aromatic heterocycles. The van der Waals surface area contributed by atoms with E-state index in [9.17, 15) is 9.59 Å². The summed E-state index contributed by atoms with van der Waals surface area (Å²) in [4.78, 5) is 24.5. The third-order valence-corrected chi connectivity index (χ3v) is 6.26. The third-order valence-electron chi connectivity index (χ3n) is 6.26. The molecule has 3 aromatic carbocycles. The molecule has 0 bridgehead atoms. The molecule has 0 atom stereocenters. The number of esters is 2. The molecule has 3 rings (SSSR count). The van der Waals surface area contributed by atoms with Gasteiger partial charge in [0.2, 0.25) is 0 Å². The maximum absolute atomic E-state index is 12.3. The van der Waals surface area contributed by atoms with E-state index in [1.165, 1.54) is 51.4 Å². The molecule has 0 saturated carbocycles. The summed E-state index contributed by atoms with van der Waals surface area (Å²) in [6.45, 7) is 2.72. The molecule has 190 valence electrons. The smallest absolute Gasteiger partial charge is 0.343 e. The summed E-state index contributed by atoms with van der Waals surface area (Å²) in [5.41, 5.74) is 3.01. The number of carbonyl (C=O) groups is 2. The summed E-state index contributed by atoms with van der Waals surface area (Å²) in [7, 11) is 0. The molecule has 0 aliphatic carbocycles. The Morgan fingerprint density at radius 2 is 1.06 bits per heavy atom. The summed E-state index contributed by atoms with van der Waals surface area (Å²) in [5.74, 6) is -0.176. The lowest BCUT2D eigenvalue weighted by atomic mass is 10.0. The predicted molar refractivity (Wildman–Crippen MR) is 145 cm³/mol. The normalized spacial score (nSPS) is 10.7. The molecule has 0 aliphatic heterocycles. The monoisotopic (exact) mass is 486 g/mol. The van der Waals surface area contributed by atoms with Crippen LogP contribution in [0.4, 0.5) is 0 Å². The Morgan fingerprint density at radius 1 is 0.556 bits per heavy atom. The fourth-order valence-electron chi connectivity index (χ4n) is 4.09. The molecule has 3 aromatic rings. The Labute approximate surface area is 215 Å². The van der Waals surface area contributed by atoms with E-state index in [0.717, 1.165) is 24.0 Å². The first-order valence-corrected chi connectivity index (χ1v) is 13.3. The number of ether oxygens (including phenoxy) is 2. The second-order valence-corrected chi connectivity index (χ2v) is 9.18. The fourth-order valence-corrected chi connectivity index (χ4v) is 4.09.